The molecule has 17 heavy (non-hydrogen) atoms. The number of nitrogens with one attached hydrogen (secondary N) is 1. The minimum Gasteiger partial charge on any atom is -0.383 e. The molecule has 5 nitrogen and oxygen atoms in total. The van der Waals surface area contributed by atoms with Gasteiger partial charge in [0.25, 0.3) is 0 Å². The van der Waals surface area contributed by atoms with E-state index in [4.69, 9.17) is 28.0 Å². The molecule has 2 rings (SSSR count). The maximum atomic E-state index is 8.63. The Hall–Kier alpha value is -2.32. The van der Waals surface area contributed by atoms with Crippen LogP contribution in [0.25, 0.3) is 5.69 Å². The first-order chi connectivity index (χ1) is 8.13. The van der Waals surface area contributed by atoms with Crippen LogP contribution in [0.15, 0.2) is 30.6 Å². The Morgan fingerprint density at radius 3 is 2.65 bits per heavy atom. The highest BCUT2D eigenvalue weighted by molar-refractivity contribution is 6.30. The second-order valence-corrected chi connectivity index (χ2v) is 3.75. The van der Waals surface area contributed by atoms with Crippen LogP contribution in [-0.4, -0.2) is 15.3 Å². The largest absolute Gasteiger partial charge is 0.383 e. The quantitative estimate of drug-likeness (QED) is 0.793. The summed E-state index contributed by atoms with van der Waals surface area (Å²) in [4.78, 5) is 3.94. The van der Waals surface area contributed by atoms with Crippen LogP contribution in [-0.2, 0) is 0 Å². The molecule has 1 aromatic carbocycles. The van der Waals surface area contributed by atoms with Gasteiger partial charge in [0.05, 0.1) is 0 Å². The molecule has 0 amide bonds. The average Bonchev–Trinajstić information content (AvgIpc) is 2.71. The summed E-state index contributed by atoms with van der Waals surface area (Å²) in [7, 11) is 0. The van der Waals surface area contributed by atoms with Crippen molar-refractivity contribution in [1.82, 2.24) is 9.55 Å². The van der Waals surface area contributed by atoms with Gasteiger partial charge in [-0.2, -0.15) is 5.26 Å². The van der Waals surface area contributed by atoms with Gasteiger partial charge in [0.1, 0.15) is 23.9 Å². The third-order valence-electron chi connectivity index (χ3n) is 2.26. The molecule has 2 aromatic rings. The van der Waals surface area contributed by atoms with Gasteiger partial charge < -0.3 is 5.73 Å². The SMILES string of the molecule is N#CC(=N)c1ncn(-c2ccc(Cl)cc2)c1N. The summed E-state index contributed by atoms with van der Waals surface area (Å²) in [6.07, 6.45) is 1.47. The van der Waals surface area contributed by atoms with Crippen LogP contribution in [0, 0.1) is 16.7 Å². The first kappa shape index (κ1) is 11.2. The Balaban J connectivity index is 2.48. The number of hydrogen-bond acceptors (Lipinski definition) is 4. The number of hydrogen-bond donors (Lipinski definition) is 2. The van der Waals surface area contributed by atoms with E-state index in [1.165, 1.54) is 6.33 Å². The van der Waals surface area contributed by atoms with E-state index in [2.05, 4.69) is 4.98 Å². The summed E-state index contributed by atoms with van der Waals surface area (Å²) in [5.74, 6) is 0.263. The maximum absolute atomic E-state index is 8.63. The number of anilines is 1. The number of nitrogens with two attached hydrogens (primary N) is 1. The lowest BCUT2D eigenvalue weighted by molar-refractivity contribution is 1.07. The van der Waals surface area contributed by atoms with Crippen LogP contribution >= 0.6 is 11.6 Å². The van der Waals surface area contributed by atoms with E-state index in [9.17, 15) is 0 Å². The molecule has 3 N–H and O–H groups in total. The highest BCUT2D eigenvalue weighted by atomic mass is 35.5. The molecule has 84 valence electrons. The maximum Gasteiger partial charge on any atom is 0.161 e. The highest BCUT2D eigenvalue weighted by Gasteiger charge is 2.12. The van der Waals surface area contributed by atoms with Gasteiger partial charge in [-0.25, -0.2) is 4.98 Å². The second-order valence-electron chi connectivity index (χ2n) is 3.31. The molecule has 0 saturated heterocycles. The highest BCUT2D eigenvalue weighted by Crippen LogP contribution is 2.19. The van der Waals surface area contributed by atoms with Crippen LogP contribution in [0.3, 0.4) is 0 Å². The summed E-state index contributed by atoms with van der Waals surface area (Å²) in [6, 6.07) is 8.71. The van der Waals surface area contributed by atoms with E-state index in [1.54, 1.807) is 34.9 Å². The number of halogens is 1. The Kier molecular flexibility index (Phi) is 2.81. The van der Waals surface area contributed by atoms with Crippen molar-refractivity contribution in [3.63, 3.8) is 0 Å². The third-order valence-corrected chi connectivity index (χ3v) is 2.51. The molecule has 0 saturated carbocycles. The minimum absolute atomic E-state index is 0.183. The van der Waals surface area contributed by atoms with Gasteiger partial charge in [-0.3, -0.25) is 9.98 Å². The molecular formula is C11H8ClN5. The Morgan fingerprint density at radius 2 is 2.06 bits per heavy atom. The molecule has 0 fully saturated rings. The molecule has 6 heteroatoms. The number of aromatic nitrogens is 2. The molecule has 0 aliphatic carbocycles. The van der Waals surface area contributed by atoms with E-state index in [-0.39, 0.29) is 17.2 Å². The molecule has 0 aliphatic rings. The van der Waals surface area contributed by atoms with E-state index >= 15 is 0 Å². The number of nitrogens with zero attached hydrogens (tertiary/aromatic N) is 3. The fourth-order valence-corrected chi connectivity index (χ4v) is 1.54. The lowest BCUT2D eigenvalue weighted by Gasteiger charge is -2.04. The Morgan fingerprint density at radius 1 is 1.41 bits per heavy atom. The number of nitrogen functional groups attached to an aromatic ring is 1. The zero-order valence-corrected chi connectivity index (χ0v) is 9.44. The molecule has 0 spiro atoms. The first-order valence-electron chi connectivity index (χ1n) is 4.71. The topological polar surface area (TPSA) is 91.5 Å². The smallest absolute Gasteiger partial charge is 0.161 e. The van der Waals surface area contributed by atoms with Crippen molar-refractivity contribution in [3.8, 4) is 11.8 Å². The molecular weight excluding hydrogens is 238 g/mol. The van der Waals surface area contributed by atoms with Gasteiger partial charge in [-0.05, 0) is 24.3 Å². The molecule has 0 radical (unpaired) electrons. The predicted octanol–water partition coefficient (Wildman–Crippen LogP) is 2.00. The van der Waals surface area contributed by atoms with Crippen molar-refractivity contribution in [3.05, 3.63) is 41.3 Å². The molecule has 0 unspecified atom stereocenters. The lowest BCUT2D eigenvalue weighted by Crippen LogP contribution is -2.04. The van der Waals surface area contributed by atoms with Crippen LogP contribution in [0.2, 0.25) is 5.02 Å². The zero-order valence-electron chi connectivity index (χ0n) is 8.68. The zero-order chi connectivity index (χ0) is 12.4. The van der Waals surface area contributed by atoms with E-state index in [0.29, 0.717) is 5.02 Å². The number of benzene rings is 1. The van der Waals surface area contributed by atoms with Crippen molar-refractivity contribution < 1.29 is 0 Å². The molecule has 1 heterocycles. The minimum atomic E-state index is -0.254. The predicted molar refractivity (Wildman–Crippen MR) is 65.4 cm³/mol. The van der Waals surface area contributed by atoms with Crippen LogP contribution in [0.5, 0.6) is 0 Å². The molecule has 0 aliphatic heterocycles. The van der Waals surface area contributed by atoms with Crippen LogP contribution < -0.4 is 5.73 Å². The van der Waals surface area contributed by atoms with E-state index in [0.717, 1.165) is 5.69 Å². The first-order valence-corrected chi connectivity index (χ1v) is 5.09. The monoisotopic (exact) mass is 245 g/mol. The van der Waals surface area contributed by atoms with Crippen molar-refractivity contribution in [2.75, 3.05) is 5.73 Å². The Bertz CT molecular complexity index is 606. The number of rotatable bonds is 2. The third kappa shape index (κ3) is 1.98. The number of imidazole rings is 1. The number of nitriles is 1. The average molecular weight is 246 g/mol. The lowest BCUT2D eigenvalue weighted by atomic mass is 10.3. The van der Waals surface area contributed by atoms with Gasteiger partial charge in [0.2, 0.25) is 0 Å². The standard InChI is InChI=1S/C11H8ClN5/c12-7-1-3-8(4-2-7)17-6-16-10(11(17)15)9(14)5-13/h1-4,6,14H,15H2. The Labute approximate surface area is 103 Å². The van der Waals surface area contributed by atoms with E-state index < -0.39 is 0 Å². The van der Waals surface area contributed by atoms with Gasteiger partial charge in [0, 0.05) is 10.7 Å². The van der Waals surface area contributed by atoms with Crippen molar-refractivity contribution >= 4 is 23.1 Å². The summed E-state index contributed by atoms with van der Waals surface area (Å²) in [5, 5.41) is 16.6. The normalized spacial score (nSPS) is 9.88. The van der Waals surface area contributed by atoms with Crippen molar-refractivity contribution in [1.29, 1.82) is 10.7 Å². The fourth-order valence-electron chi connectivity index (χ4n) is 1.41. The summed E-state index contributed by atoms with van der Waals surface area (Å²) in [5.41, 5.74) is 6.53. The second kappa shape index (κ2) is 4.28. The van der Waals surface area contributed by atoms with Gasteiger partial charge >= 0.3 is 0 Å². The summed E-state index contributed by atoms with van der Waals surface area (Å²) < 4.78 is 1.59. The van der Waals surface area contributed by atoms with Crippen LogP contribution in [0.4, 0.5) is 5.82 Å². The fraction of sp³-hybridized carbons (Fsp3) is 0. The van der Waals surface area contributed by atoms with Crippen molar-refractivity contribution in [2.24, 2.45) is 0 Å². The van der Waals surface area contributed by atoms with Crippen molar-refractivity contribution in [2.45, 2.75) is 0 Å². The van der Waals surface area contributed by atoms with E-state index in [1.807, 2.05) is 0 Å². The molecule has 0 atom stereocenters. The van der Waals surface area contributed by atoms with Gasteiger partial charge in [-0.15, -0.1) is 0 Å². The molecule has 0 bridgehead atoms. The van der Waals surface area contributed by atoms with Crippen LogP contribution in [0.1, 0.15) is 5.69 Å². The van der Waals surface area contributed by atoms with Gasteiger partial charge in [0.15, 0.2) is 5.71 Å². The molecule has 1 aromatic heterocycles. The van der Waals surface area contributed by atoms with Gasteiger partial charge in [-0.1, -0.05) is 11.6 Å². The summed E-state index contributed by atoms with van der Waals surface area (Å²) >= 11 is 5.78. The summed E-state index contributed by atoms with van der Waals surface area (Å²) in [6.45, 7) is 0.